The first kappa shape index (κ1) is 13.2. The molecule has 0 aromatic heterocycles. The molecule has 0 radical (unpaired) electrons. The SMILES string of the molecule is CCCC(OCC)C(NN)c1ccccc1. The van der Waals surface area contributed by atoms with Crippen molar-refractivity contribution in [3.8, 4) is 0 Å². The van der Waals surface area contributed by atoms with Crippen molar-refractivity contribution in [3.63, 3.8) is 0 Å². The van der Waals surface area contributed by atoms with E-state index in [0.717, 1.165) is 19.4 Å². The topological polar surface area (TPSA) is 47.3 Å². The minimum Gasteiger partial charge on any atom is -0.376 e. The number of hydrogen-bond donors (Lipinski definition) is 2. The average molecular weight is 222 g/mol. The first-order chi connectivity index (χ1) is 7.83. The maximum Gasteiger partial charge on any atom is 0.0782 e. The lowest BCUT2D eigenvalue weighted by Crippen LogP contribution is -2.38. The van der Waals surface area contributed by atoms with Crippen LogP contribution >= 0.6 is 0 Å². The van der Waals surface area contributed by atoms with E-state index >= 15 is 0 Å². The normalized spacial score (nSPS) is 14.7. The van der Waals surface area contributed by atoms with Crippen LogP contribution in [0.25, 0.3) is 0 Å². The lowest BCUT2D eigenvalue weighted by atomic mass is 9.99. The Balaban J connectivity index is 2.77. The number of hydrazine groups is 1. The number of ether oxygens (including phenoxy) is 1. The molecule has 0 bridgehead atoms. The predicted molar refractivity (Wildman–Crippen MR) is 66.8 cm³/mol. The summed E-state index contributed by atoms with van der Waals surface area (Å²) in [5.41, 5.74) is 4.04. The van der Waals surface area contributed by atoms with Crippen molar-refractivity contribution in [2.75, 3.05) is 6.61 Å². The fraction of sp³-hybridized carbons (Fsp3) is 0.538. The van der Waals surface area contributed by atoms with Crippen molar-refractivity contribution in [1.29, 1.82) is 0 Å². The molecule has 0 saturated carbocycles. The van der Waals surface area contributed by atoms with E-state index in [1.165, 1.54) is 5.56 Å². The van der Waals surface area contributed by atoms with Gasteiger partial charge in [0, 0.05) is 6.61 Å². The lowest BCUT2D eigenvalue weighted by Gasteiger charge is -2.26. The van der Waals surface area contributed by atoms with Crippen LogP contribution < -0.4 is 11.3 Å². The number of rotatable bonds is 7. The van der Waals surface area contributed by atoms with Crippen molar-refractivity contribution in [2.24, 2.45) is 5.84 Å². The van der Waals surface area contributed by atoms with E-state index in [1.807, 2.05) is 25.1 Å². The Bertz CT molecular complexity index is 271. The highest BCUT2D eigenvalue weighted by atomic mass is 16.5. The highest BCUT2D eigenvalue weighted by Gasteiger charge is 2.21. The van der Waals surface area contributed by atoms with Gasteiger partial charge < -0.3 is 4.74 Å². The molecule has 0 fully saturated rings. The lowest BCUT2D eigenvalue weighted by molar-refractivity contribution is 0.0276. The van der Waals surface area contributed by atoms with E-state index in [0.29, 0.717) is 0 Å². The second kappa shape index (κ2) is 7.39. The highest BCUT2D eigenvalue weighted by molar-refractivity contribution is 5.19. The summed E-state index contributed by atoms with van der Waals surface area (Å²) in [6.07, 6.45) is 2.25. The summed E-state index contributed by atoms with van der Waals surface area (Å²) in [5.74, 6) is 5.64. The van der Waals surface area contributed by atoms with Crippen molar-refractivity contribution in [2.45, 2.75) is 38.8 Å². The fourth-order valence-corrected chi connectivity index (χ4v) is 1.92. The number of nitrogens with two attached hydrogens (primary N) is 1. The quantitative estimate of drug-likeness (QED) is 0.550. The summed E-state index contributed by atoms with van der Waals surface area (Å²) in [6, 6.07) is 10.3. The van der Waals surface area contributed by atoms with E-state index < -0.39 is 0 Å². The van der Waals surface area contributed by atoms with Crippen LogP contribution in [0.4, 0.5) is 0 Å². The molecule has 2 atom stereocenters. The molecule has 0 aliphatic carbocycles. The summed E-state index contributed by atoms with van der Waals surface area (Å²) < 4.78 is 5.75. The van der Waals surface area contributed by atoms with Gasteiger partial charge in [0.1, 0.15) is 0 Å². The zero-order valence-electron chi connectivity index (χ0n) is 10.1. The predicted octanol–water partition coefficient (Wildman–Crippen LogP) is 2.40. The minimum absolute atomic E-state index is 0.0705. The third-order valence-electron chi connectivity index (χ3n) is 2.66. The van der Waals surface area contributed by atoms with Gasteiger partial charge in [-0.1, -0.05) is 43.7 Å². The molecule has 16 heavy (non-hydrogen) atoms. The molecule has 3 nitrogen and oxygen atoms in total. The molecule has 90 valence electrons. The van der Waals surface area contributed by atoms with Crippen molar-refractivity contribution in [3.05, 3.63) is 35.9 Å². The molecule has 0 aliphatic rings. The molecule has 0 spiro atoms. The zero-order chi connectivity index (χ0) is 11.8. The molecule has 1 rings (SSSR count). The molecule has 1 aromatic carbocycles. The molecular weight excluding hydrogens is 200 g/mol. The highest BCUT2D eigenvalue weighted by Crippen LogP contribution is 2.21. The van der Waals surface area contributed by atoms with Gasteiger partial charge in [0.05, 0.1) is 12.1 Å². The summed E-state index contributed by atoms with van der Waals surface area (Å²) in [5, 5.41) is 0. The van der Waals surface area contributed by atoms with Gasteiger partial charge in [-0.15, -0.1) is 0 Å². The van der Waals surface area contributed by atoms with Gasteiger partial charge >= 0.3 is 0 Å². The Morgan fingerprint density at radius 3 is 2.44 bits per heavy atom. The maximum absolute atomic E-state index is 5.75. The Morgan fingerprint density at radius 2 is 1.94 bits per heavy atom. The molecule has 0 saturated heterocycles. The first-order valence-electron chi connectivity index (χ1n) is 5.96. The van der Waals surface area contributed by atoms with Crippen molar-refractivity contribution >= 4 is 0 Å². The molecule has 1 aromatic rings. The molecule has 3 heteroatoms. The molecular formula is C13H22N2O. The van der Waals surface area contributed by atoms with Crippen LogP contribution in [0.3, 0.4) is 0 Å². The van der Waals surface area contributed by atoms with E-state index in [1.54, 1.807) is 0 Å². The Labute approximate surface area is 98.0 Å². The standard InChI is InChI=1S/C13H22N2O/c1-3-8-12(16-4-2)13(15-14)11-9-6-5-7-10-11/h5-7,9-10,12-13,15H,3-4,8,14H2,1-2H3. The monoisotopic (exact) mass is 222 g/mol. The fourth-order valence-electron chi connectivity index (χ4n) is 1.92. The van der Waals surface area contributed by atoms with E-state index in [4.69, 9.17) is 10.6 Å². The van der Waals surface area contributed by atoms with Gasteiger partial charge in [-0.05, 0) is 18.9 Å². The molecule has 0 aliphatic heterocycles. The van der Waals surface area contributed by atoms with Crippen LogP contribution in [0.2, 0.25) is 0 Å². The maximum atomic E-state index is 5.75. The minimum atomic E-state index is 0.0705. The van der Waals surface area contributed by atoms with Gasteiger partial charge in [0.15, 0.2) is 0 Å². The summed E-state index contributed by atoms with van der Waals surface area (Å²) >= 11 is 0. The van der Waals surface area contributed by atoms with Gasteiger partial charge in [-0.2, -0.15) is 0 Å². The first-order valence-corrected chi connectivity index (χ1v) is 5.96. The zero-order valence-corrected chi connectivity index (χ0v) is 10.1. The Morgan fingerprint density at radius 1 is 1.25 bits per heavy atom. The Hall–Kier alpha value is -0.900. The van der Waals surface area contributed by atoms with Gasteiger partial charge in [-0.3, -0.25) is 11.3 Å². The summed E-state index contributed by atoms with van der Waals surface area (Å²) in [7, 11) is 0. The van der Waals surface area contributed by atoms with Crippen LogP contribution in [0.5, 0.6) is 0 Å². The second-order valence-corrected chi connectivity index (χ2v) is 3.84. The van der Waals surface area contributed by atoms with Gasteiger partial charge in [0.25, 0.3) is 0 Å². The Kier molecular flexibility index (Phi) is 6.08. The molecule has 2 unspecified atom stereocenters. The smallest absolute Gasteiger partial charge is 0.0782 e. The number of nitrogens with one attached hydrogen (secondary N) is 1. The van der Waals surface area contributed by atoms with Crippen molar-refractivity contribution < 1.29 is 4.74 Å². The van der Waals surface area contributed by atoms with E-state index in [9.17, 15) is 0 Å². The largest absolute Gasteiger partial charge is 0.376 e. The third kappa shape index (κ3) is 3.59. The third-order valence-corrected chi connectivity index (χ3v) is 2.66. The average Bonchev–Trinajstić information content (AvgIpc) is 2.32. The summed E-state index contributed by atoms with van der Waals surface area (Å²) in [6.45, 7) is 4.89. The number of benzene rings is 1. The second-order valence-electron chi connectivity index (χ2n) is 3.84. The van der Waals surface area contributed by atoms with Crippen molar-refractivity contribution in [1.82, 2.24) is 5.43 Å². The number of hydrogen-bond acceptors (Lipinski definition) is 3. The molecule has 3 N–H and O–H groups in total. The van der Waals surface area contributed by atoms with Gasteiger partial charge in [-0.25, -0.2) is 0 Å². The van der Waals surface area contributed by atoms with Crippen LogP contribution in [0.15, 0.2) is 30.3 Å². The molecule has 0 heterocycles. The van der Waals surface area contributed by atoms with E-state index in [-0.39, 0.29) is 12.1 Å². The van der Waals surface area contributed by atoms with Crippen LogP contribution in [-0.2, 0) is 4.74 Å². The van der Waals surface area contributed by atoms with E-state index in [2.05, 4.69) is 24.5 Å². The summed E-state index contributed by atoms with van der Waals surface area (Å²) in [4.78, 5) is 0. The van der Waals surface area contributed by atoms with Gasteiger partial charge in [0.2, 0.25) is 0 Å². The van der Waals surface area contributed by atoms with Crippen LogP contribution in [-0.4, -0.2) is 12.7 Å². The van der Waals surface area contributed by atoms with Crippen LogP contribution in [0.1, 0.15) is 38.3 Å². The van der Waals surface area contributed by atoms with Crippen LogP contribution in [0, 0.1) is 0 Å². The molecule has 0 amide bonds.